The van der Waals surface area contributed by atoms with Crippen LogP contribution in [0.4, 0.5) is 14.9 Å². The van der Waals surface area contributed by atoms with Crippen LogP contribution in [0.5, 0.6) is 0 Å². The van der Waals surface area contributed by atoms with Crippen LogP contribution in [0.15, 0.2) is 48.7 Å². The number of rotatable bonds is 4. The van der Waals surface area contributed by atoms with Crippen LogP contribution in [0.25, 0.3) is 10.9 Å². The predicted molar refractivity (Wildman–Crippen MR) is 94.5 cm³/mol. The second kappa shape index (κ2) is 7.65. The van der Waals surface area contributed by atoms with Crippen molar-refractivity contribution in [3.05, 3.63) is 60.0 Å². The summed E-state index contributed by atoms with van der Waals surface area (Å²) in [5.41, 5.74) is 0.793. The molecule has 138 valence electrons. The molecule has 0 bridgehead atoms. The zero-order valence-electron chi connectivity index (χ0n) is 14.2. The highest BCUT2D eigenvalue weighted by Gasteiger charge is 2.22. The third-order valence-electron chi connectivity index (χ3n) is 3.72. The Morgan fingerprint density at radius 3 is 2.70 bits per heavy atom. The van der Waals surface area contributed by atoms with E-state index in [-0.39, 0.29) is 11.3 Å². The number of carbonyl (C=O) groups excluding carboxylic acids is 3. The van der Waals surface area contributed by atoms with Gasteiger partial charge in [0.2, 0.25) is 0 Å². The lowest BCUT2D eigenvalue weighted by molar-refractivity contribution is -0.127. The van der Waals surface area contributed by atoms with Gasteiger partial charge in [0.05, 0.1) is 23.0 Å². The summed E-state index contributed by atoms with van der Waals surface area (Å²) in [6.45, 7) is 1.32. The molecular weight excluding hydrogens is 355 g/mol. The largest absolute Gasteiger partial charge is 0.449 e. The number of aromatic nitrogens is 2. The fraction of sp³-hybridized carbons (Fsp3) is 0.111. The van der Waals surface area contributed by atoms with Crippen molar-refractivity contribution in [1.82, 2.24) is 15.5 Å². The van der Waals surface area contributed by atoms with Gasteiger partial charge in [0, 0.05) is 5.39 Å². The monoisotopic (exact) mass is 370 g/mol. The number of fused-ring (bicyclic) bond motifs is 1. The number of H-pyrrole nitrogens is 1. The summed E-state index contributed by atoms with van der Waals surface area (Å²) in [5, 5.41) is 11.3. The van der Waals surface area contributed by atoms with Crippen molar-refractivity contribution < 1.29 is 23.5 Å². The molecule has 0 saturated carbocycles. The molecule has 9 heteroatoms. The Morgan fingerprint density at radius 2 is 1.93 bits per heavy atom. The molecule has 27 heavy (non-hydrogen) atoms. The number of benzene rings is 2. The minimum absolute atomic E-state index is 0.0842. The van der Waals surface area contributed by atoms with E-state index in [0.717, 1.165) is 6.07 Å². The van der Waals surface area contributed by atoms with Gasteiger partial charge < -0.3 is 10.1 Å². The van der Waals surface area contributed by atoms with Gasteiger partial charge in [-0.2, -0.15) is 5.10 Å². The number of para-hydroxylation sites is 1. The number of urea groups is 1. The first-order valence-corrected chi connectivity index (χ1v) is 7.95. The molecule has 2 aromatic carbocycles. The van der Waals surface area contributed by atoms with Gasteiger partial charge in [-0.15, -0.1) is 0 Å². The van der Waals surface area contributed by atoms with Crippen molar-refractivity contribution >= 4 is 34.5 Å². The first kappa shape index (κ1) is 18.1. The molecule has 3 rings (SSSR count). The molecule has 0 fully saturated rings. The van der Waals surface area contributed by atoms with Crippen molar-refractivity contribution in [2.45, 2.75) is 13.0 Å². The van der Waals surface area contributed by atoms with Crippen LogP contribution in [-0.2, 0) is 9.53 Å². The number of nitrogens with zero attached hydrogens (tertiary/aromatic N) is 1. The second-order valence-corrected chi connectivity index (χ2v) is 5.61. The predicted octanol–water partition coefficient (Wildman–Crippen LogP) is 2.60. The summed E-state index contributed by atoms with van der Waals surface area (Å²) < 4.78 is 18.6. The highest BCUT2D eigenvalue weighted by atomic mass is 19.1. The number of nitrogens with one attached hydrogen (secondary N) is 3. The number of ether oxygens (including phenoxy) is 1. The van der Waals surface area contributed by atoms with Crippen molar-refractivity contribution in [1.29, 1.82) is 0 Å². The molecule has 0 saturated heterocycles. The third kappa shape index (κ3) is 4.09. The number of carbonyl (C=O) groups is 3. The van der Waals surface area contributed by atoms with E-state index >= 15 is 0 Å². The molecule has 0 aliphatic rings. The van der Waals surface area contributed by atoms with E-state index in [0.29, 0.717) is 10.9 Å². The van der Waals surface area contributed by atoms with Crippen LogP contribution in [0.3, 0.4) is 0 Å². The summed E-state index contributed by atoms with van der Waals surface area (Å²) in [5.74, 6) is -2.23. The molecule has 1 heterocycles. The fourth-order valence-electron chi connectivity index (χ4n) is 2.35. The Labute approximate surface area is 152 Å². The molecule has 1 aromatic heterocycles. The smallest absolute Gasteiger partial charge is 0.339 e. The first-order chi connectivity index (χ1) is 13.0. The highest BCUT2D eigenvalue weighted by Crippen LogP contribution is 2.17. The van der Waals surface area contributed by atoms with Gasteiger partial charge in [0.25, 0.3) is 5.91 Å². The van der Waals surface area contributed by atoms with E-state index in [2.05, 4.69) is 15.5 Å². The number of hydrogen-bond acceptors (Lipinski definition) is 5. The van der Waals surface area contributed by atoms with Crippen molar-refractivity contribution in [3.63, 3.8) is 0 Å². The standard InChI is InChI=1S/C18H15FN4O4/c1-10(16(24)22-18(26)21-15-7-3-2-6-13(15)19)27-17(25)11-5-4-8-14-12(11)9-20-23-14/h2-10H,1H3,(H,20,23)(H2,21,22,24,26). The quantitative estimate of drug-likeness (QED) is 0.611. The number of amides is 3. The number of aromatic amines is 1. The Morgan fingerprint density at radius 1 is 1.15 bits per heavy atom. The molecular formula is C18H15FN4O4. The number of anilines is 1. The molecule has 0 aliphatic carbocycles. The van der Waals surface area contributed by atoms with E-state index in [4.69, 9.17) is 4.74 Å². The van der Waals surface area contributed by atoms with Gasteiger partial charge in [0.1, 0.15) is 5.82 Å². The summed E-state index contributed by atoms with van der Waals surface area (Å²) in [6, 6.07) is 9.48. The van der Waals surface area contributed by atoms with Crippen LogP contribution in [0.2, 0.25) is 0 Å². The van der Waals surface area contributed by atoms with Crippen molar-refractivity contribution in [3.8, 4) is 0 Å². The van der Waals surface area contributed by atoms with Gasteiger partial charge in [-0.1, -0.05) is 18.2 Å². The fourth-order valence-corrected chi connectivity index (χ4v) is 2.35. The van der Waals surface area contributed by atoms with Crippen molar-refractivity contribution in [2.24, 2.45) is 0 Å². The number of halogens is 1. The molecule has 3 amide bonds. The zero-order valence-corrected chi connectivity index (χ0v) is 14.2. The van der Waals surface area contributed by atoms with Crippen LogP contribution in [-0.4, -0.2) is 34.2 Å². The average Bonchev–Trinajstić information content (AvgIpc) is 3.12. The van der Waals surface area contributed by atoms with Crippen molar-refractivity contribution in [2.75, 3.05) is 5.32 Å². The zero-order chi connectivity index (χ0) is 19.4. The maximum absolute atomic E-state index is 13.5. The minimum Gasteiger partial charge on any atom is -0.449 e. The Kier molecular flexibility index (Phi) is 5.11. The molecule has 3 aromatic rings. The number of esters is 1. The SMILES string of the molecule is CC(OC(=O)c1cccc2[nH]ncc12)C(=O)NC(=O)Nc1ccccc1F. The van der Waals surface area contributed by atoms with Gasteiger partial charge in [-0.05, 0) is 31.2 Å². The van der Waals surface area contributed by atoms with Gasteiger partial charge >= 0.3 is 12.0 Å². The summed E-state index contributed by atoms with van der Waals surface area (Å²) >= 11 is 0. The van der Waals surface area contributed by atoms with E-state index in [9.17, 15) is 18.8 Å². The molecule has 3 N–H and O–H groups in total. The van der Waals surface area contributed by atoms with E-state index < -0.39 is 29.8 Å². The van der Waals surface area contributed by atoms with Crippen LogP contribution >= 0.6 is 0 Å². The summed E-state index contributed by atoms with van der Waals surface area (Å²) in [4.78, 5) is 36.2. The first-order valence-electron chi connectivity index (χ1n) is 7.95. The number of imide groups is 1. The highest BCUT2D eigenvalue weighted by molar-refractivity contribution is 6.06. The summed E-state index contributed by atoms with van der Waals surface area (Å²) in [6.07, 6.45) is 0.226. The average molecular weight is 370 g/mol. The van der Waals surface area contributed by atoms with E-state index in [1.165, 1.54) is 37.4 Å². The van der Waals surface area contributed by atoms with Gasteiger partial charge in [0.15, 0.2) is 6.10 Å². The number of hydrogen-bond donors (Lipinski definition) is 3. The second-order valence-electron chi connectivity index (χ2n) is 5.61. The maximum Gasteiger partial charge on any atom is 0.339 e. The maximum atomic E-state index is 13.5. The topological polar surface area (TPSA) is 113 Å². The molecule has 1 atom stereocenters. The lowest BCUT2D eigenvalue weighted by atomic mass is 10.1. The van der Waals surface area contributed by atoms with Crippen LogP contribution in [0.1, 0.15) is 17.3 Å². The van der Waals surface area contributed by atoms with Gasteiger partial charge in [-0.25, -0.2) is 14.0 Å². The normalized spacial score (nSPS) is 11.6. The van der Waals surface area contributed by atoms with Gasteiger partial charge in [-0.3, -0.25) is 15.2 Å². The Balaban J connectivity index is 1.60. The Hall–Kier alpha value is -3.75. The van der Waals surface area contributed by atoms with Crippen LogP contribution < -0.4 is 10.6 Å². The molecule has 8 nitrogen and oxygen atoms in total. The molecule has 1 unspecified atom stereocenters. The molecule has 0 radical (unpaired) electrons. The lowest BCUT2D eigenvalue weighted by Crippen LogP contribution is -2.41. The minimum atomic E-state index is -1.24. The lowest BCUT2D eigenvalue weighted by Gasteiger charge is -2.14. The molecule has 0 spiro atoms. The van der Waals surface area contributed by atoms with E-state index in [1.807, 2.05) is 5.32 Å². The summed E-state index contributed by atoms with van der Waals surface area (Å²) in [7, 11) is 0. The van der Waals surface area contributed by atoms with E-state index in [1.54, 1.807) is 12.1 Å². The Bertz CT molecular complexity index is 1020. The third-order valence-corrected chi connectivity index (χ3v) is 3.72. The molecule has 0 aliphatic heterocycles. The van der Waals surface area contributed by atoms with Crippen LogP contribution in [0, 0.1) is 5.82 Å².